The Morgan fingerprint density at radius 1 is 1.07 bits per heavy atom. The van der Waals surface area contributed by atoms with Crippen LogP contribution in [0, 0.1) is 0 Å². The van der Waals surface area contributed by atoms with Crippen molar-refractivity contribution in [1.29, 1.82) is 0 Å². The first-order chi connectivity index (χ1) is 13.4. The van der Waals surface area contributed by atoms with E-state index in [1.165, 1.54) is 6.92 Å². The smallest absolute Gasteiger partial charge is 0.319 e. The van der Waals surface area contributed by atoms with Crippen LogP contribution in [0.3, 0.4) is 0 Å². The fraction of sp³-hybridized carbons (Fsp3) is 0.250. The van der Waals surface area contributed by atoms with Crippen molar-refractivity contribution in [2.24, 2.45) is 0 Å². The maximum absolute atomic E-state index is 12.3. The Morgan fingerprint density at radius 2 is 1.79 bits per heavy atom. The van der Waals surface area contributed by atoms with Gasteiger partial charge in [-0.3, -0.25) is 9.59 Å². The molecule has 1 heterocycles. The summed E-state index contributed by atoms with van der Waals surface area (Å²) in [6.07, 6.45) is 0.219. The fourth-order valence-electron chi connectivity index (χ4n) is 3.06. The van der Waals surface area contributed by atoms with E-state index >= 15 is 0 Å². The van der Waals surface area contributed by atoms with Gasteiger partial charge in [-0.05, 0) is 30.3 Å². The second-order valence-electron chi connectivity index (χ2n) is 6.47. The predicted molar refractivity (Wildman–Crippen MR) is 107 cm³/mol. The highest BCUT2D eigenvalue weighted by atomic mass is 16.5. The molecule has 0 bridgehead atoms. The van der Waals surface area contributed by atoms with E-state index in [1.807, 2.05) is 18.2 Å². The quantitative estimate of drug-likeness (QED) is 0.740. The first-order valence-corrected chi connectivity index (χ1v) is 8.84. The highest BCUT2D eigenvalue weighted by Gasteiger charge is 2.31. The zero-order valence-electron chi connectivity index (χ0n) is 15.7. The average molecular weight is 382 g/mol. The number of anilines is 3. The van der Waals surface area contributed by atoms with Crippen molar-refractivity contribution in [2.75, 3.05) is 29.2 Å². The molecule has 0 aromatic heterocycles. The van der Waals surface area contributed by atoms with E-state index in [4.69, 9.17) is 4.74 Å². The number of methoxy groups -OCH3 is 1. The molecule has 146 valence electrons. The molecule has 4 amide bonds. The fourth-order valence-corrected chi connectivity index (χ4v) is 3.06. The van der Waals surface area contributed by atoms with E-state index in [2.05, 4.69) is 16.0 Å². The molecule has 28 heavy (non-hydrogen) atoms. The maximum Gasteiger partial charge on any atom is 0.319 e. The number of hydrogen-bond acceptors (Lipinski definition) is 4. The summed E-state index contributed by atoms with van der Waals surface area (Å²) in [5.74, 6) is 0.411. The van der Waals surface area contributed by atoms with Gasteiger partial charge in [0, 0.05) is 43.0 Å². The summed E-state index contributed by atoms with van der Waals surface area (Å²) in [6.45, 7) is 1.79. The lowest BCUT2D eigenvalue weighted by Crippen LogP contribution is -2.39. The van der Waals surface area contributed by atoms with Crippen molar-refractivity contribution in [3.8, 4) is 5.75 Å². The Hall–Kier alpha value is -3.55. The third kappa shape index (κ3) is 4.79. The third-order valence-corrected chi connectivity index (χ3v) is 4.27. The lowest BCUT2D eigenvalue weighted by molar-refractivity contribution is -0.117. The Morgan fingerprint density at radius 3 is 2.50 bits per heavy atom. The van der Waals surface area contributed by atoms with Crippen molar-refractivity contribution in [3.63, 3.8) is 0 Å². The highest BCUT2D eigenvalue weighted by Crippen LogP contribution is 2.25. The van der Waals surface area contributed by atoms with Gasteiger partial charge in [0.05, 0.1) is 13.2 Å². The SMILES string of the molecule is COc1cccc(N2C[C@@H](NC(=O)Nc3cccc(NC(C)=O)c3)CC2=O)c1. The standard InChI is InChI=1S/C20H22N4O4/c1-13(25)21-14-5-3-6-15(9-14)22-20(27)23-16-10-19(26)24(12-16)17-7-4-8-18(11-17)28-2/h3-9,11,16H,10,12H2,1-2H3,(H,21,25)(H2,22,23,27)/t16-/m0/s1. The minimum Gasteiger partial charge on any atom is -0.497 e. The van der Waals surface area contributed by atoms with Crippen LogP contribution >= 0.6 is 0 Å². The molecule has 2 aromatic carbocycles. The van der Waals surface area contributed by atoms with Gasteiger partial charge in [0.25, 0.3) is 0 Å². The molecule has 8 heteroatoms. The number of nitrogens with zero attached hydrogens (tertiary/aromatic N) is 1. The van der Waals surface area contributed by atoms with Gasteiger partial charge >= 0.3 is 6.03 Å². The predicted octanol–water partition coefficient (Wildman–Crippen LogP) is 2.58. The van der Waals surface area contributed by atoms with Crippen LogP contribution < -0.4 is 25.6 Å². The first kappa shape index (κ1) is 19.2. The molecule has 1 aliphatic heterocycles. The number of benzene rings is 2. The number of carbonyl (C=O) groups excluding carboxylic acids is 3. The van der Waals surface area contributed by atoms with Gasteiger partial charge in [0.1, 0.15) is 5.75 Å². The molecule has 1 fully saturated rings. The molecule has 0 spiro atoms. The number of rotatable bonds is 5. The molecular weight excluding hydrogens is 360 g/mol. The van der Waals surface area contributed by atoms with E-state index in [0.29, 0.717) is 23.7 Å². The Bertz CT molecular complexity index is 899. The van der Waals surface area contributed by atoms with Crippen LogP contribution in [0.15, 0.2) is 48.5 Å². The van der Waals surface area contributed by atoms with Crippen LogP contribution in [-0.2, 0) is 9.59 Å². The zero-order valence-corrected chi connectivity index (χ0v) is 15.7. The summed E-state index contributed by atoms with van der Waals surface area (Å²) < 4.78 is 5.20. The number of nitrogens with one attached hydrogen (secondary N) is 3. The average Bonchev–Trinajstić information content (AvgIpc) is 3.01. The van der Waals surface area contributed by atoms with Gasteiger partial charge in [-0.1, -0.05) is 12.1 Å². The van der Waals surface area contributed by atoms with Gasteiger partial charge in [-0.25, -0.2) is 4.79 Å². The summed E-state index contributed by atoms with van der Waals surface area (Å²) in [6, 6.07) is 13.3. The molecule has 0 unspecified atom stereocenters. The van der Waals surface area contributed by atoms with Crippen LogP contribution in [-0.4, -0.2) is 37.5 Å². The van der Waals surface area contributed by atoms with E-state index in [9.17, 15) is 14.4 Å². The van der Waals surface area contributed by atoms with Crippen LogP contribution in [0.4, 0.5) is 21.9 Å². The number of amides is 4. The molecule has 3 rings (SSSR count). The highest BCUT2D eigenvalue weighted by molar-refractivity contribution is 5.98. The lowest BCUT2D eigenvalue weighted by atomic mass is 10.2. The minimum atomic E-state index is -0.412. The van der Waals surface area contributed by atoms with Crippen molar-refractivity contribution in [3.05, 3.63) is 48.5 Å². The molecule has 3 N–H and O–H groups in total. The normalized spacial score (nSPS) is 15.9. The summed E-state index contributed by atoms with van der Waals surface area (Å²) >= 11 is 0. The molecule has 0 saturated carbocycles. The molecule has 2 aromatic rings. The summed E-state index contributed by atoms with van der Waals surface area (Å²) in [4.78, 5) is 37.4. The van der Waals surface area contributed by atoms with Crippen molar-refractivity contribution >= 4 is 34.9 Å². The monoisotopic (exact) mass is 382 g/mol. The number of carbonyl (C=O) groups is 3. The first-order valence-electron chi connectivity index (χ1n) is 8.84. The number of urea groups is 1. The minimum absolute atomic E-state index is 0.0637. The summed E-state index contributed by atoms with van der Waals surface area (Å²) in [5, 5.41) is 8.19. The number of ether oxygens (including phenoxy) is 1. The zero-order chi connectivity index (χ0) is 20.1. The van der Waals surface area contributed by atoms with Crippen molar-refractivity contribution < 1.29 is 19.1 Å². The number of hydrogen-bond donors (Lipinski definition) is 3. The Labute approximate surface area is 162 Å². The maximum atomic E-state index is 12.3. The molecule has 1 saturated heterocycles. The Balaban J connectivity index is 1.59. The largest absolute Gasteiger partial charge is 0.497 e. The van der Waals surface area contributed by atoms with Gasteiger partial charge in [-0.2, -0.15) is 0 Å². The Kier molecular flexibility index (Phi) is 5.78. The van der Waals surface area contributed by atoms with Gasteiger partial charge in [0.15, 0.2) is 0 Å². The second-order valence-corrected chi connectivity index (χ2v) is 6.47. The lowest BCUT2D eigenvalue weighted by Gasteiger charge is -2.18. The van der Waals surface area contributed by atoms with Crippen LogP contribution in [0.5, 0.6) is 5.75 Å². The van der Waals surface area contributed by atoms with E-state index < -0.39 is 6.03 Å². The van der Waals surface area contributed by atoms with Crippen LogP contribution in [0.1, 0.15) is 13.3 Å². The molecule has 1 atom stereocenters. The van der Waals surface area contributed by atoms with E-state index in [-0.39, 0.29) is 24.3 Å². The van der Waals surface area contributed by atoms with Gasteiger partial charge in [0.2, 0.25) is 11.8 Å². The molecule has 1 aliphatic rings. The topological polar surface area (TPSA) is 99.8 Å². The van der Waals surface area contributed by atoms with Crippen LogP contribution in [0.2, 0.25) is 0 Å². The molecule has 0 aliphatic carbocycles. The molecular formula is C20H22N4O4. The molecule has 0 radical (unpaired) electrons. The summed E-state index contributed by atoms with van der Waals surface area (Å²) in [7, 11) is 1.57. The van der Waals surface area contributed by atoms with Gasteiger partial charge in [-0.15, -0.1) is 0 Å². The van der Waals surface area contributed by atoms with Crippen LogP contribution in [0.25, 0.3) is 0 Å². The van der Waals surface area contributed by atoms with E-state index in [1.54, 1.807) is 42.3 Å². The van der Waals surface area contributed by atoms with Gasteiger partial charge < -0.3 is 25.6 Å². The van der Waals surface area contributed by atoms with Crippen molar-refractivity contribution in [1.82, 2.24) is 5.32 Å². The molecule has 8 nitrogen and oxygen atoms in total. The van der Waals surface area contributed by atoms with Crippen molar-refractivity contribution in [2.45, 2.75) is 19.4 Å². The summed E-state index contributed by atoms with van der Waals surface area (Å²) in [5.41, 5.74) is 1.86. The second kappa shape index (κ2) is 8.43. The van der Waals surface area contributed by atoms with E-state index in [0.717, 1.165) is 5.69 Å². The third-order valence-electron chi connectivity index (χ3n) is 4.27.